The Kier molecular flexibility index (Phi) is 9.90. The molecule has 11 nitrogen and oxygen atoms in total. The van der Waals surface area contributed by atoms with Crippen LogP contribution < -0.4 is 16.8 Å². The fourth-order valence-electron chi connectivity index (χ4n) is 2.82. The number of phenols is 1. The van der Waals surface area contributed by atoms with Crippen molar-refractivity contribution in [1.82, 2.24) is 10.2 Å². The van der Waals surface area contributed by atoms with E-state index in [1.165, 1.54) is 52.5 Å². The Morgan fingerprint density at radius 2 is 1.74 bits per heavy atom. The number of nitrogens with two attached hydrogens (primary N) is 2. The predicted molar refractivity (Wildman–Crippen MR) is 110 cm³/mol. The van der Waals surface area contributed by atoms with Gasteiger partial charge in [-0.15, -0.1) is 0 Å². The fraction of sp³-hybridized carbons (Fsp3) is 0.500. The number of ether oxygens (including phenoxy) is 2. The maximum Gasteiger partial charge on any atom is 0.328 e. The van der Waals surface area contributed by atoms with Crippen LogP contribution in [-0.2, 0) is 28.7 Å². The fourth-order valence-corrected chi connectivity index (χ4v) is 2.82. The van der Waals surface area contributed by atoms with Crippen LogP contribution in [0.1, 0.15) is 31.4 Å². The number of methoxy groups -OCH3 is 2. The highest BCUT2D eigenvalue weighted by Gasteiger charge is 2.37. The highest BCUT2D eigenvalue weighted by Crippen LogP contribution is 2.25. The Morgan fingerprint density at radius 1 is 1.16 bits per heavy atom. The second kappa shape index (κ2) is 11.9. The molecule has 172 valence electrons. The number of hydrogen-bond donors (Lipinski definition) is 4. The zero-order valence-electron chi connectivity index (χ0n) is 18.0. The summed E-state index contributed by atoms with van der Waals surface area (Å²) in [5.74, 6) is -2.57. The first-order chi connectivity index (χ1) is 14.5. The van der Waals surface area contributed by atoms with Crippen molar-refractivity contribution in [3.05, 3.63) is 29.8 Å². The van der Waals surface area contributed by atoms with Crippen LogP contribution in [0, 0.1) is 0 Å². The van der Waals surface area contributed by atoms with E-state index in [9.17, 15) is 24.3 Å². The molecule has 0 saturated heterocycles. The minimum Gasteiger partial charge on any atom is -0.508 e. The number of carbonyl (C=O) groups excluding carboxylic acids is 4. The van der Waals surface area contributed by atoms with Gasteiger partial charge < -0.3 is 36.3 Å². The van der Waals surface area contributed by atoms with E-state index < -0.39 is 47.9 Å². The van der Waals surface area contributed by atoms with Crippen LogP contribution >= 0.6 is 0 Å². The highest BCUT2D eigenvalue weighted by molar-refractivity contribution is 5.92. The molecule has 31 heavy (non-hydrogen) atoms. The summed E-state index contributed by atoms with van der Waals surface area (Å²) in [5.41, 5.74) is 11.4. The molecule has 0 aliphatic rings. The van der Waals surface area contributed by atoms with Crippen LogP contribution in [-0.4, -0.2) is 73.1 Å². The lowest BCUT2D eigenvalue weighted by Gasteiger charge is -2.32. The monoisotopic (exact) mass is 438 g/mol. The summed E-state index contributed by atoms with van der Waals surface area (Å²) in [6.45, 7) is 1.48. The zero-order chi connectivity index (χ0) is 23.7. The summed E-state index contributed by atoms with van der Waals surface area (Å²) in [7, 11) is 3.93. The van der Waals surface area contributed by atoms with Gasteiger partial charge in [-0.2, -0.15) is 0 Å². The lowest BCUT2D eigenvalue weighted by atomic mass is 9.99. The topological polar surface area (TPSA) is 174 Å². The number of likely N-dealkylation sites (N-methyl/N-ethyl adjacent to an activating group) is 1. The Hall–Kier alpha value is -3.18. The number of primary amides is 1. The Morgan fingerprint density at radius 3 is 2.23 bits per heavy atom. The molecule has 0 radical (unpaired) electrons. The molecule has 6 N–H and O–H groups in total. The molecular weight excluding hydrogens is 408 g/mol. The average molecular weight is 438 g/mol. The van der Waals surface area contributed by atoms with E-state index in [2.05, 4.69) is 10.1 Å². The second-order valence-electron chi connectivity index (χ2n) is 6.99. The van der Waals surface area contributed by atoms with Crippen LogP contribution in [0.4, 0.5) is 0 Å². The molecule has 11 heteroatoms. The molecule has 0 aromatic heterocycles. The molecule has 3 amide bonds. The van der Waals surface area contributed by atoms with E-state index >= 15 is 0 Å². The number of benzene rings is 1. The second-order valence-corrected chi connectivity index (χ2v) is 6.99. The third-order valence-electron chi connectivity index (χ3n) is 4.85. The normalized spacial score (nSPS) is 14.6. The molecule has 0 aliphatic heterocycles. The molecular formula is C20H30N4O7. The predicted octanol–water partition coefficient (Wildman–Crippen LogP) is -0.823. The van der Waals surface area contributed by atoms with Gasteiger partial charge in [-0.05, 0) is 31.0 Å². The van der Waals surface area contributed by atoms with Gasteiger partial charge in [0.15, 0.2) is 0 Å². The Labute approximate surface area is 180 Å². The van der Waals surface area contributed by atoms with Gasteiger partial charge in [0.2, 0.25) is 17.7 Å². The van der Waals surface area contributed by atoms with Gasteiger partial charge in [-0.1, -0.05) is 12.1 Å². The van der Waals surface area contributed by atoms with Gasteiger partial charge in [0.25, 0.3) is 0 Å². The number of phenolic OH excluding ortho intramolecular Hbond substituents is 1. The minimum absolute atomic E-state index is 0.00661. The van der Waals surface area contributed by atoms with Crippen LogP contribution in [0.25, 0.3) is 0 Å². The van der Waals surface area contributed by atoms with E-state index in [-0.39, 0.29) is 18.6 Å². The maximum atomic E-state index is 13.2. The molecule has 0 saturated carbocycles. The van der Waals surface area contributed by atoms with Crippen LogP contribution in [0.5, 0.6) is 5.75 Å². The smallest absolute Gasteiger partial charge is 0.328 e. The van der Waals surface area contributed by atoms with E-state index in [0.717, 1.165) is 4.90 Å². The van der Waals surface area contributed by atoms with Gasteiger partial charge in [-0.3, -0.25) is 14.4 Å². The standard InChI is InChI=1S/C20H30N4O7/c1-11(20(29)31-4)24(2)19(28)16(23-18(27)14(21)9-10-15(22)26)17(30-3)12-5-7-13(25)8-6-12/h5-8,11,14,16-17,25H,9-10,21H2,1-4H3,(H2,22,26)(H,23,27)/t11-,14-,16?,17?/m0/s1. The minimum atomic E-state index is -1.27. The number of carbonyl (C=O) groups is 4. The first-order valence-electron chi connectivity index (χ1n) is 9.53. The zero-order valence-corrected chi connectivity index (χ0v) is 18.0. The number of esters is 1. The van der Waals surface area contributed by atoms with E-state index in [1.54, 1.807) is 0 Å². The van der Waals surface area contributed by atoms with Gasteiger partial charge in [0, 0.05) is 20.6 Å². The third-order valence-corrected chi connectivity index (χ3v) is 4.85. The van der Waals surface area contributed by atoms with Crippen molar-refractivity contribution in [1.29, 1.82) is 0 Å². The van der Waals surface area contributed by atoms with E-state index in [4.69, 9.17) is 16.2 Å². The van der Waals surface area contributed by atoms with Crippen molar-refractivity contribution >= 4 is 23.7 Å². The molecule has 2 unspecified atom stereocenters. The molecule has 0 aliphatic carbocycles. The molecule has 0 heterocycles. The van der Waals surface area contributed by atoms with E-state index in [0.29, 0.717) is 5.56 Å². The maximum absolute atomic E-state index is 13.2. The number of amides is 3. The molecule has 0 fully saturated rings. The SMILES string of the molecule is COC(=O)[C@H](C)N(C)C(=O)C(NC(=O)[C@@H](N)CCC(N)=O)C(OC)c1ccc(O)cc1. The van der Waals surface area contributed by atoms with Crippen LogP contribution in [0.2, 0.25) is 0 Å². The van der Waals surface area contributed by atoms with E-state index in [1.807, 2.05) is 0 Å². The Bertz CT molecular complexity index is 784. The summed E-state index contributed by atoms with van der Waals surface area (Å²) in [5, 5.41) is 12.1. The van der Waals surface area contributed by atoms with Crippen LogP contribution in [0.3, 0.4) is 0 Å². The van der Waals surface area contributed by atoms with Crippen molar-refractivity contribution in [2.24, 2.45) is 11.5 Å². The number of nitrogens with one attached hydrogen (secondary N) is 1. The lowest BCUT2D eigenvalue weighted by Crippen LogP contribution is -2.56. The van der Waals surface area contributed by atoms with Gasteiger partial charge in [-0.25, -0.2) is 4.79 Å². The molecule has 1 rings (SSSR count). The van der Waals surface area contributed by atoms with Crippen molar-refractivity contribution in [2.75, 3.05) is 21.3 Å². The molecule has 4 atom stereocenters. The first-order valence-corrected chi connectivity index (χ1v) is 9.53. The van der Waals surface area contributed by atoms with Crippen LogP contribution in [0.15, 0.2) is 24.3 Å². The number of hydrogen-bond acceptors (Lipinski definition) is 8. The molecule has 1 aromatic rings. The van der Waals surface area contributed by atoms with Gasteiger partial charge >= 0.3 is 5.97 Å². The Balaban J connectivity index is 3.22. The average Bonchev–Trinajstić information content (AvgIpc) is 2.75. The number of rotatable bonds is 11. The summed E-state index contributed by atoms with van der Waals surface area (Å²) in [4.78, 5) is 49.8. The molecule has 0 spiro atoms. The highest BCUT2D eigenvalue weighted by atomic mass is 16.5. The van der Waals surface area contributed by atoms with Crippen molar-refractivity contribution in [3.8, 4) is 5.75 Å². The van der Waals surface area contributed by atoms with Gasteiger partial charge in [0.05, 0.1) is 13.2 Å². The largest absolute Gasteiger partial charge is 0.508 e. The summed E-state index contributed by atoms with van der Waals surface area (Å²) >= 11 is 0. The summed E-state index contributed by atoms with van der Waals surface area (Å²) < 4.78 is 10.2. The number of nitrogens with zero attached hydrogens (tertiary/aromatic N) is 1. The van der Waals surface area contributed by atoms with Crippen molar-refractivity contribution in [2.45, 2.75) is 44.0 Å². The first kappa shape index (κ1) is 25.9. The molecule has 1 aromatic carbocycles. The third kappa shape index (κ3) is 7.23. The van der Waals surface area contributed by atoms with Crippen molar-refractivity contribution in [3.63, 3.8) is 0 Å². The number of aromatic hydroxyl groups is 1. The molecule has 0 bridgehead atoms. The summed E-state index contributed by atoms with van der Waals surface area (Å²) in [6.07, 6.45) is -1.07. The van der Waals surface area contributed by atoms with Crippen molar-refractivity contribution < 1.29 is 33.8 Å². The quantitative estimate of drug-likeness (QED) is 0.324. The lowest BCUT2D eigenvalue weighted by molar-refractivity contribution is -0.153. The van der Waals surface area contributed by atoms with Gasteiger partial charge in [0.1, 0.15) is 23.9 Å². The summed E-state index contributed by atoms with van der Waals surface area (Å²) in [6, 6.07) is 2.59.